The number of hydrogen-bond acceptors (Lipinski definition) is 2. The van der Waals surface area contributed by atoms with Crippen LogP contribution in [0.2, 0.25) is 5.02 Å². The fourth-order valence-corrected chi connectivity index (χ4v) is 2.52. The predicted octanol–water partition coefficient (Wildman–Crippen LogP) is 2.21. The van der Waals surface area contributed by atoms with Crippen molar-refractivity contribution in [3.8, 4) is 0 Å². The zero-order valence-electron chi connectivity index (χ0n) is 11.6. The molecule has 0 unspecified atom stereocenters. The summed E-state index contributed by atoms with van der Waals surface area (Å²) in [5.41, 5.74) is 1.03. The molecule has 1 aliphatic rings. The third-order valence-electron chi connectivity index (χ3n) is 3.69. The summed E-state index contributed by atoms with van der Waals surface area (Å²) in [5, 5.41) is 3.64. The Hall–Kier alpha value is -1.55. The summed E-state index contributed by atoms with van der Waals surface area (Å²) in [5.74, 6) is 0.172. The molecule has 2 amide bonds. The number of nitrogens with one attached hydrogen (secondary N) is 1. The second-order valence-electron chi connectivity index (χ2n) is 5.12. The molecule has 1 heterocycles. The molecule has 0 aliphatic carbocycles. The topological polar surface area (TPSA) is 49.4 Å². The highest BCUT2D eigenvalue weighted by atomic mass is 35.5. The van der Waals surface area contributed by atoms with Crippen LogP contribution in [0.3, 0.4) is 0 Å². The fourth-order valence-electron chi connectivity index (χ4n) is 2.39. The van der Waals surface area contributed by atoms with Crippen LogP contribution in [0.4, 0.5) is 0 Å². The van der Waals surface area contributed by atoms with Crippen LogP contribution in [0.25, 0.3) is 0 Å². The first kappa shape index (κ1) is 14.9. The molecule has 1 aliphatic heterocycles. The molecule has 5 heteroatoms. The summed E-state index contributed by atoms with van der Waals surface area (Å²) in [7, 11) is 0. The van der Waals surface area contributed by atoms with Crippen molar-refractivity contribution in [2.45, 2.75) is 26.3 Å². The van der Waals surface area contributed by atoms with Gasteiger partial charge in [0.25, 0.3) is 0 Å². The molecular formula is C15H19ClN2O2. The van der Waals surface area contributed by atoms with Gasteiger partial charge in [-0.05, 0) is 30.5 Å². The van der Waals surface area contributed by atoms with E-state index in [0.717, 1.165) is 18.4 Å². The Morgan fingerprint density at radius 1 is 1.25 bits per heavy atom. The van der Waals surface area contributed by atoms with Crippen LogP contribution in [-0.2, 0) is 16.1 Å². The lowest BCUT2D eigenvalue weighted by molar-refractivity contribution is -0.134. The largest absolute Gasteiger partial charge is 0.352 e. The second-order valence-corrected chi connectivity index (χ2v) is 5.56. The van der Waals surface area contributed by atoms with Gasteiger partial charge < -0.3 is 10.2 Å². The number of rotatable bonds is 3. The summed E-state index contributed by atoms with van der Waals surface area (Å²) in [4.78, 5) is 25.1. The summed E-state index contributed by atoms with van der Waals surface area (Å²) in [6.07, 6.45) is 1.48. The lowest BCUT2D eigenvalue weighted by Gasteiger charge is -2.30. The van der Waals surface area contributed by atoms with Crippen molar-refractivity contribution in [3.63, 3.8) is 0 Å². The van der Waals surface area contributed by atoms with Crippen LogP contribution in [-0.4, -0.2) is 29.8 Å². The highest BCUT2D eigenvalue weighted by Gasteiger charge is 2.25. The second kappa shape index (κ2) is 6.75. The summed E-state index contributed by atoms with van der Waals surface area (Å²) >= 11 is 5.82. The predicted molar refractivity (Wildman–Crippen MR) is 78.3 cm³/mol. The molecule has 1 aromatic rings. The van der Waals surface area contributed by atoms with Gasteiger partial charge in [-0.15, -0.1) is 0 Å². The summed E-state index contributed by atoms with van der Waals surface area (Å²) in [6, 6.07) is 7.44. The first-order valence-corrected chi connectivity index (χ1v) is 7.21. The van der Waals surface area contributed by atoms with Crippen molar-refractivity contribution < 1.29 is 9.59 Å². The van der Waals surface area contributed by atoms with Gasteiger partial charge in [0.05, 0.1) is 0 Å². The number of carbonyl (C=O) groups excluding carboxylic acids is 2. The minimum absolute atomic E-state index is 0.0119. The van der Waals surface area contributed by atoms with E-state index in [1.165, 1.54) is 0 Å². The molecule has 4 nitrogen and oxygen atoms in total. The van der Waals surface area contributed by atoms with Crippen molar-refractivity contribution in [1.29, 1.82) is 0 Å². The number of benzene rings is 1. The molecule has 1 saturated heterocycles. The molecule has 0 radical (unpaired) electrons. The van der Waals surface area contributed by atoms with Gasteiger partial charge in [0.1, 0.15) is 0 Å². The highest BCUT2D eigenvalue weighted by Crippen LogP contribution is 2.17. The molecule has 0 atom stereocenters. The van der Waals surface area contributed by atoms with Gasteiger partial charge in [0, 0.05) is 37.5 Å². The maximum atomic E-state index is 12.1. The van der Waals surface area contributed by atoms with E-state index >= 15 is 0 Å². The minimum atomic E-state index is 0.0119. The quantitative estimate of drug-likeness (QED) is 0.929. The van der Waals surface area contributed by atoms with Crippen molar-refractivity contribution in [3.05, 3.63) is 34.9 Å². The van der Waals surface area contributed by atoms with Gasteiger partial charge in [-0.25, -0.2) is 0 Å². The van der Waals surface area contributed by atoms with Gasteiger partial charge in [-0.1, -0.05) is 23.7 Å². The molecule has 20 heavy (non-hydrogen) atoms. The zero-order valence-corrected chi connectivity index (χ0v) is 12.3. The van der Waals surface area contributed by atoms with Crippen molar-refractivity contribution >= 4 is 23.4 Å². The van der Waals surface area contributed by atoms with Crippen LogP contribution in [0.1, 0.15) is 25.3 Å². The third-order valence-corrected chi connectivity index (χ3v) is 3.94. The Bertz CT molecular complexity index is 479. The molecule has 0 bridgehead atoms. The number of likely N-dealkylation sites (tertiary alicyclic amines) is 1. The molecule has 1 fully saturated rings. The van der Waals surface area contributed by atoms with Crippen molar-refractivity contribution in [2.75, 3.05) is 13.1 Å². The van der Waals surface area contributed by atoms with E-state index in [-0.39, 0.29) is 17.7 Å². The first-order chi connectivity index (χ1) is 9.56. The average molecular weight is 295 g/mol. The normalized spacial score (nSPS) is 16.0. The Morgan fingerprint density at radius 2 is 1.85 bits per heavy atom. The molecular weight excluding hydrogens is 276 g/mol. The number of nitrogens with zero attached hydrogens (tertiary/aromatic N) is 1. The number of hydrogen-bond donors (Lipinski definition) is 1. The highest BCUT2D eigenvalue weighted by molar-refractivity contribution is 6.30. The van der Waals surface area contributed by atoms with Crippen LogP contribution in [0.15, 0.2) is 24.3 Å². The van der Waals surface area contributed by atoms with Gasteiger partial charge in [0.15, 0.2) is 0 Å². The monoisotopic (exact) mass is 294 g/mol. The summed E-state index contributed by atoms with van der Waals surface area (Å²) in [6.45, 7) is 3.44. The number of amides is 2. The minimum Gasteiger partial charge on any atom is -0.352 e. The number of halogens is 1. The van der Waals surface area contributed by atoms with Gasteiger partial charge in [-0.3, -0.25) is 9.59 Å². The first-order valence-electron chi connectivity index (χ1n) is 6.84. The number of piperidine rings is 1. The Morgan fingerprint density at radius 3 is 2.40 bits per heavy atom. The van der Waals surface area contributed by atoms with Gasteiger partial charge in [-0.2, -0.15) is 0 Å². The van der Waals surface area contributed by atoms with Crippen LogP contribution in [0, 0.1) is 5.92 Å². The van der Waals surface area contributed by atoms with Crippen LogP contribution < -0.4 is 5.32 Å². The van der Waals surface area contributed by atoms with E-state index in [1.54, 1.807) is 11.8 Å². The standard InChI is InChI=1S/C15H19ClN2O2/c1-11(19)18-8-6-13(7-9-18)15(20)17-10-12-2-4-14(16)5-3-12/h2-5,13H,6-10H2,1H3,(H,17,20). The molecule has 1 N–H and O–H groups in total. The van der Waals surface area contributed by atoms with E-state index in [4.69, 9.17) is 11.6 Å². The maximum Gasteiger partial charge on any atom is 0.223 e. The van der Waals surface area contributed by atoms with Crippen LogP contribution in [0.5, 0.6) is 0 Å². The molecule has 0 aromatic heterocycles. The van der Waals surface area contributed by atoms with Crippen LogP contribution >= 0.6 is 11.6 Å². The van der Waals surface area contributed by atoms with E-state index in [2.05, 4.69) is 5.32 Å². The Balaban J connectivity index is 1.78. The van der Waals surface area contributed by atoms with Crippen molar-refractivity contribution in [2.24, 2.45) is 5.92 Å². The van der Waals surface area contributed by atoms with Gasteiger partial charge >= 0.3 is 0 Å². The Labute approximate surface area is 124 Å². The number of carbonyl (C=O) groups is 2. The molecule has 0 spiro atoms. The lowest BCUT2D eigenvalue weighted by atomic mass is 9.96. The van der Waals surface area contributed by atoms with Gasteiger partial charge in [0.2, 0.25) is 11.8 Å². The molecule has 108 valence electrons. The smallest absolute Gasteiger partial charge is 0.223 e. The molecule has 1 aromatic carbocycles. The van der Waals surface area contributed by atoms with E-state index in [0.29, 0.717) is 24.7 Å². The molecule has 0 saturated carbocycles. The zero-order chi connectivity index (χ0) is 14.5. The lowest BCUT2D eigenvalue weighted by Crippen LogP contribution is -2.42. The fraction of sp³-hybridized carbons (Fsp3) is 0.467. The van der Waals surface area contributed by atoms with Crippen molar-refractivity contribution in [1.82, 2.24) is 10.2 Å². The SMILES string of the molecule is CC(=O)N1CCC(C(=O)NCc2ccc(Cl)cc2)CC1. The van der Waals surface area contributed by atoms with E-state index in [9.17, 15) is 9.59 Å². The summed E-state index contributed by atoms with van der Waals surface area (Å²) < 4.78 is 0. The third kappa shape index (κ3) is 3.97. The van der Waals surface area contributed by atoms with E-state index < -0.39 is 0 Å². The van der Waals surface area contributed by atoms with E-state index in [1.807, 2.05) is 24.3 Å². The molecule has 2 rings (SSSR count). The Kier molecular flexibility index (Phi) is 5.01. The average Bonchev–Trinajstić information content (AvgIpc) is 2.46. The maximum absolute atomic E-state index is 12.1.